The highest BCUT2D eigenvalue weighted by Gasteiger charge is 2.30. The smallest absolute Gasteiger partial charge is 0.101 e. The van der Waals surface area contributed by atoms with Crippen LogP contribution in [0.2, 0.25) is 0 Å². The summed E-state index contributed by atoms with van der Waals surface area (Å²) >= 11 is 1.87. The van der Waals surface area contributed by atoms with Gasteiger partial charge in [-0.15, -0.1) is 11.3 Å². The first-order valence-corrected chi connectivity index (χ1v) is 8.05. The standard InChI is InChI=1S/C17H22N2S/c1-11-15(10-18-17(2,3)4)20-16(19-11)14-9-12-7-5-6-8-13(12)14/h5-8,14,18H,9-10H2,1-4H3. The number of rotatable bonds is 3. The van der Waals surface area contributed by atoms with E-state index in [4.69, 9.17) is 4.98 Å². The monoisotopic (exact) mass is 286 g/mol. The van der Waals surface area contributed by atoms with Gasteiger partial charge in [0.2, 0.25) is 0 Å². The lowest BCUT2D eigenvalue weighted by atomic mass is 9.78. The molecule has 1 aromatic carbocycles. The van der Waals surface area contributed by atoms with Crippen molar-refractivity contribution in [2.24, 2.45) is 0 Å². The first-order valence-electron chi connectivity index (χ1n) is 7.23. The second-order valence-corrected chi connectivity index (χ2v) is 7.73. The molecule has 3 heteroatoms. The summed E-state index contributed by atoms with van der Waals surface area (Å²) in [6.45, 7) is 9.65. The van der Waals surface area contributed by atoms with Gasteiger partial charge in [-0.2, -0.15) is 0 Å². The van der Waals surface area contributed by atoms with Gasteiger partial charge in [-0.3, -0.25) is 0 Å². The highest BCUT2D eigenvalue weighted by molar-refractivity contribution is 7.11. The minimum atomic E-state index is 0.152. The number of fused-ring (bicyclic) bond motifs is 1. The van der Waals surface area contributed by atoms with Crippen LogP contribution in [0.1, 0.15) is 53.4 Å². The maximum atomic E-state index is 4.81. The van der Waals surface area contributed by atoms with Crippen molar-refractivity contribution >= 4 is 11.3 Å². The van der Waals surface area contributed by atoms with Crippen molar-refractivity contribution in [3.63, 3.8) is 0 Å². The molecular formula is C17H22N2S. The van der Waals surface area contributed by atoms with Gasteiger partial charge < -0.3 is 5.32 Å². The number of hydrogen-bond acceptors (Lipinski definition) is 3. The number of benzene rings is 1. The molecule has 0 spiro atoms. The lowest BCUT2D eigenvalue weighted by Crippen LogP contribution is -2.34. The molecular weight excluding hydrogens is 264 g/mol. The van der Waals surface area contributed by atoms with E-state index in [1.54, 1.807) is 0 Å². The van der Waals surface area contributed by atoms with Crippen LogP contribution in [0.4, 0.5) is 0 Å². The average Bonchev–Trinajstić information content (AvgIpc) is 2.68. The van der Waals surface area contributed by atoms with Gasteiger partial charge in [0.25, 0.3) is 0 Å². The molecule has 0 saturated carbocycles. The first kappa shape index (κ1) is 13.8. The van der Waals surface area contributed by atoms with Crippen molar-refractivity contribution < 1.29 is 0 Å². The van der Waals surface area contributed by atoms with E-state index < -0.39 is 0 Å². The summed E-state index contributed by atoms with van der Waals surface area (Å²) in [7, 11) is 0. The molecule has 20 heavy (non-hydrogen) atoms. The van der Waals surface area contributed by atoms with Crippen molar-refractivity contribution in [2.75, 3.05) is 0 Å². The van der Waals surface area contributed by atoms with E-state index in [0.29, 0.717) is 5.92 Å². The molecule has 3 rings (SSSR count). The summed E-state index contributed by atoms with van der Waals surface area (Å²) in [5, 5.41) is 4.84. The molecule has 106 valence electrons. The minimum absolute atomic E-state index is 0.152. The van der Waals surface area contributed by atoms with Gasteiger partial charge in [0.1, 0.15) is 5.01 Å². The average molecular weight is 286 g/mol. The number of hydrogen-bond donors (Lipinski definition) is 1. The topological polar surface area (TPSA) is 24.9 Å². The van der Waals surface area contributed by atoms with E-state index in [-0.39, 0.29) is 5.54 Å². The molecule has 0 radical (unpaired) electrons. The normalized spacial score (nSPS) is 17.7. The third kappa shape index (κ3) is 2.65. The maximum Gasteiger partial charge on any atom is 0.101 e. The van der Waals surface area contributed by atoms with Crippen LogP contribution in [0.15, 0.2) is 24.3 Å². The van der Waals surface area contributed by atoms with E-state index in [1.165, 1.54) is 26.7 Å². The Morgan fingerprint density at radius 1 is 1.30 bits per heavy atom. The van der Waals surface area contributed by atoms with Crippen molar-refractivity contribution in [2.45, 2.75) is 52.1 Å². The van der Waals surface area contributed by atoms with Crippen LogP contribution < -0.4 is 5.32 Å². The summed E-state index contributed by atoms with van der Waals surface area (Å²) in [5.74, 6) is 0.526. The van der Waals surface area contributed by atoms with Crippen LogP contribution in [0.5, 0.6) is 0 Å². The molecule has 1 atom stereocenters. The van der Waals surface area contributed by atoms with Gasteiger partial charge >= 0.3 is 0 Å². The lowest BCUT2D eigenvalue weighted by Gasteiger charge is -2.28. The number of aryl methyl sites for hydroxylation is 1. The molecule has 0 fully saturated rings. The van der Waals surface area contributed by atoms with E-state index in [2.05, 4.69) is 57.3 Å². The summed E-state index contributed by atoms with van der Waals surface area (Å²) in [6.07, 6.45) is 1.15. The second-order valence-electron chi connectivity index (χ2n) is 6.62. The molecule has 1 aliphatic carbocycles. The molecule has 0 amide bonds. The van der Waals surface area contributed by atoms with Gasteiger partial charge in [-0.25, -0.2) is 4.98 Å². The van der Waals surface area contributed by atoms with Gasteiger partial charge in [0, 0.05) is 22.9 Å². The van der Waals surface area contributed by atoms with E-state index in [1.807, 2.05) is 11.3 Å². The highest BCUT2D eigenvalue weighted by atomic mass is 32.1. The SMILES string of the molecule is Cc1nc(C2Cc3ccccc32)sc1CNC(C)(C)C. The Bertz CT molecular complexity index is 622. The van der Waals surface area contributed by atoms with Crippen molar-refractivity contribution in [3.8, 4) is 0 Å². The number of thiazole rings is 1. The molecule has 2 nitrogen and oxygen atoms in total. The van der Waals surface area contributed by atoms with Crippen molar-refractivity contribution in [1.82, 2.24) is 10.3 Å². The summed E-state index contributed by atoms with van der Waals surface area (Å²) < 4.78 is 0. The Balaban J connectivity index is 1.77. The first-order chi connectivity index (χ1) is 9.44. The molecule has 1 unspecified atom stereocenters. The largest absolute Gasteiger partial charge is 0.307 e. The summed E-state index contributed by atoms with van der Waals surface area (Å²) in [4.78, 5) is 6.19. The summed E-state index contributed by atoms with van der Waals surface area (Å²) in [5.41, 5.74) is 4.29. The zero-order valence-electron chi connectivity index (χ0n) is 12.7. The third-order valence-electron chi connectivity index (χ3n) is 3.84. The molecule has 0 bridgehead atoms. The molecule has 2 aromatic rings. The van der Waals surface area contributed by atoms with E-state index >= 15 is 0 Å². The molecule has 1 aromatic heterocycles. The number of nitrogens with one attached hydrogen (secondary N) is 1. The van der Waals surface area contributed by atoms with Crippen LogP contribution in [0.3, 0.4) is 0 Å². The number of aromatic nitrogens is 1. The van der Waals surface area contributed by atoms with Crippen molar-refractivity contribution in [3.05, 3.63) is 51.0 Å². The van der Waals surface area contributed by atoms with Gasteiger partial charge in [-0.1, -0.05) is 24.3 Å². The predicted octanol–water partition coefficient (Wildman–Crippen LogP) is 4.03. The van der Waals surface area contributed by atoms with Crippen molar-refractivity contribution in [1.29, 1.82) is 0 Å². The predicted molar refractivity (Wildman–Crippen MR) is 85.4 cm³/mol. The van der Waals surface area contributed by atoms with E-state index in [0.717, 1.165) is 13.0 Å². The molecule has 0 saturated heterocycles. The van der Waals surface area contributed by atoms with Crippen LogP contribution in [0.25, 0.3) is 0 Å². The molecule has 1 N–H and O–H groups in total. The minimum Gasteiger partial charge on any atom is -0.307 e. The van der Waals surface area contributed by atoms with Crippen LogP contribution in [-0.2, 0) is 13.0 Å². The third-order valence-corrected chi connectivity index (χ3v) is 5.11. The van der Waals surface area contributed by atoms with Gasteiger partial charge in [0.15, 0.2) is 0 Å². The second kappa shape index (κ2) is 4.97. The highest BCUT2D eigenvalue weighted by Crippen LogP contribution is 2.41. The Kier molecular flexibility index (Phi) is 3.43. The zero-order valence-corrected chi connectivity index (χ0v) is 13.5. The molecule has 0 aliphatic heterocycles. The van der Waals surface area contributed by atoms with E-state index in [9.17, 15) is 0 Å². The molecule has 1 aliphatic rings. The Morgan fingerprint density at radius 3 is 2.75 bits per heavy atom. The zero-order chi connectivity index (χ0) is 14.3. The molecule has 1 heterocycles. The Hall–Kier alpha value is -1.19. The van der Waals surface area contributed by atoms with Crippen LogP contribution >= 0.6 is 11.3 Å². The summed E-state index contributed by atoms with van der Waals surface area (Å²) in [6, 6.07) is 8.73. The van der Waals surface area contributed by atoms with Gasteiger partial charge in [-0.05, 0) is 45.2 Å². The fraction of sp³-hybridized carbons (Fsp3) is 0.471. The lowest BCUT2D eigenvalue weighted by molar-refractivity contribution is 0.425. The Morgan fingerprint density at radius 2 is 2.05 bits per heavy atom. The fourth-order valence-electron chi connectivity index (χ4n) is 2.59. The van der Waals surface area contributed by atoms with Gasteiger partial charge in [0.05, 0.1) is 5.69 Å². The Labute approximate surface area is 125 Å². The number of nitrogens with zero attached hydrogens (tertiary/aromatic N) is 1. The van der Waals surface area contributed by atoms with Crippen LogP contribution in [-0.4, -0.2) is 10.5 Å². The van der Waals surface area contributed by atoms with Crippen LogP contribution in [0, 0.1) is 6.92 Å². The fourth-order valence-corrected chi connectivity index (χ4v) is 3.71. The maximum absolute atomic E-state index is 4.81. The quantitative estimate of drug-likeness (QED) is 0.921.